The van der Waals surface area contributed by atoms with E-state index >= 15 is 0 Å². The SMILES string of the molecule is CCNc1nnc(SCC(=O)Nc2ccc(OCC)cc2[N+](=O)[O-])s1. The average molecular weight is 383 g/mol. The monoisotopic (exact) mass is 383 g/mol. The Kier molecular flexibility index (Phi) is 6.95. The van der Waals surface area contributed by atoms with Crippen LogP contribution in [0.4, 0.5) is 16.5 Å². The molecule has 0 fully saturated rings. The molecule has 1 aromatic heterocycles. The number of benzene rings is 1. The Labute approximate surface area is 152 Å². The van der Waals surface area contributed by atoms with Crippen LogP contribution in [0, 0.1) is 10.1 Å². The topological polar surface area (TPSA) is 119 Å². The second-order valence-corrected chi connectivity index (χ2v) is 6.81. The van der Waals surface area contributed by atoms with E-state index in [1.165, 1.54) is 35.2 Å². The maximum atomic E-state index is 12.1. The Hall–Kier alpha value is -2.40. The Morgan fingerprint density at radius 3 is 2.88 bits per heavy atom. The fourth-order valence-electron chi connectivity index (χ4n) is 1.83. The van der Waals surface area contributed by atoms with Crippen LogP contribution >= 0.6 is 23.1 Å². The number of nitro benzene ring substituents is 1. The first-order valence-corrected chi connectivity index (χ1v) is 9.25. The highest BCUT2D eigenvalue weighted by Gasteiger charge is 2.18. The summed E-state index contributed by atoms with van der Waals surface area (Å²) in [7, 11) is 0. The molecule has 0 aliphatic rings. The fraction of sp³-hybridized carbons (Fsp3) is 0.357. The minimum absolute atomic E-state index is 0.0745. The summed E-state index contributed by atoms with van der Waals surface area (Å²) in [4.78, 5) is 22.7. The number of hydrogen-bond acceptors (Lipinski definition) is 9. The maximum Gasteiger partial charge on any atom is 0.296 e. The van der Waals surface area contributed by atoms with Gasteiger partial charge in [0.05, 0.1) is 23.3 Å². The van der Waals surface area contributed by atoms with Crippen molar-refractivity contribution in [3.05, 3.63) is 28.3 Å². The third kappa shape index (κ3) is 5.57. The van der Waals surface area contributed by atoms with Crippen LogP contribution in [0.2, 0.25) is 0 Å². The van der Waals surface area contributed by atoms with Crippen LogP contribution in [0.3, 0.4) is 0 Å². The Morgan fingerprint density at radius 2 is 2.20 bits per heavy atom. The summed E-state index contributed by atoms with van der Waals surface area (Å²) < 4.78 is 5.89. The molecule has 1 heterocycles. The number of anilines is 2. The average Bonchev–Trinajstić information content (AvgIpc) is 3.02. The van der Waals surface area contributed by atoms with Crippen LogP contribution in [-0.4, -0.2) is 39.9 Å². The van der Waals surface area contributed by atoms with Crippen LogP contribution < -0.4 is 15.4 Å². The van der Waals surface area contributed by atoms with Crippen LogP contribution in [0.1, 0.15) is 13.8 Å². The minimum Gasteiger partial charge on any atom is -0.494 e. The molecular weight excluding hydrogens is 366 g/mol. The molecule has 9 nitrogen and oxygen atoms in total. The molecule has 25 heavy (non-hydrogen) atoms. The largest absolute Gasteiger partial charge is 0.494 e. The molecule has 1 amide bonds. The molecule has 2 aromatic rings. The molecule has 0 saturated heterocycles. The Morgan fingerprint density at radius 1 is 1.40 bits per heavy atom. The smallest absolute Gasteiger partial charge is 0.296 e. The van der Waals surface area contributed by atoms with Gasteiger partial charge in [-0.3, -0.25) is 14.9 Å². The molecule has 2 N–H and O–H groups in total. The van der Waals surface area contributed by atoms with E-state index < -0.39 is 4.92 Å². The molecule has 11 heteroatoms. The highest BCUT2D eigenvalue weighted by molar-refractivity contribution is 8.01. The second-order valence-electron chi connectivity index (χ2n) is 4.61. The number of ether oxygens (including phenoxy) is 1. The number of thioether (sulfide) groups is 1. The van der Waals surface area contributed by atoms with E-state index in [1.54, 1.807) is 13.0 Å². The van der Waals surface area contributed by atoms with E-state index in [-0.39, 0.29) is 23.0 Å². The molecule has 0 unspecified atom stereocenters. The van der Waals surface area contributed by atoms with Crippen molar-refractivity contribution in [2.75, 3.05) is 29.5 Å². The van der Waals surface area contributed by atoms with Crippen LogP contribution in [-0.2, 0) is 4.79 Å². The number of rotatable bonds is 9. The van der Waals surface area contributed by atoms with Gasteiger partial charge in [0.2, 0.25) is 11.0 Å². The van der Waals surface area contributed by atoms with Crippen molar-refractivity contribution < 1.29 is 14.5 Å². The number of nitrogens with zero attached hydrogens (tertiary/aromatic N) is 3. The Bertz CT molecular complexity index is 753. The summed E-state index contributed by atoms with van der Waals surface area (Å²) in [5, 5.41) is 25.3. The number of aromatic nitrogens is 2. The molecule has 0 aliphatic carbocycles. The van der Waals surface area contributed by atoms with Crippen molar-refractivity contribution in [3.8, 4) is 5.75 Å². The lowest BCUT2D eigenvalue weighted by molar-refractivity contribution is -0.384. The molecule has 134 valence electrons. The van der Waals surface area contributed by atoms with Gasteiger partial charge in [0.25, 0.3) is 5.69 Å². The van der Waals surface area contributed by atoms with Crippen molar-refractivity contribution in [2.24, 2.45) is 0 Å². The first-order chi connectivity index (χ1) is 12.0. The number of amides is 1. The summed E-state index contributed by atoms with van der Waals surface area (Å²) in [6.07, 6.45) is 0. The van der Waals surface area contributed by atoms with Crippen LogP contribution in [0.15, 0.2) is 22.5 Å². The van der Waals surface area contributed by atoms with Crippen LogP contribution in [0.25, 0.3) is 0 Å². The molecular formula is C14H17N5O4S2. The molecule has 0 saturated carbocycles. The van der Waals surface area contributed by atoms with Gasteiger partial charge in [-0.15, -0.1) is 10.2 Å². The van der Waals surface area contributed by atoms with E-state index in [2.05, 4.69) is 20.8 Å². The van der Waals surface area contributed by atoms with Gasteiger partial charge in [0.1, 0.15) is 11.4 Å². The molecule has 0 radical (unpaired) electrons. The predicted molar refractivity (Wildman–Crippen MR) is 97.7 cm³/mol. The van der Waals surface area contributed by atoms with Gasteiger partial charge < -0.3 is 15.4 Å². The fourth-order valence-corrected chi connectivity index (χ4v) is 3.45. The lowest BCUT2D eigenvalue weighted by Crippen LogP contribution is -2.15. The molecule has 2 rings (SSSR count). The van der Waals surface area contributed by atoms with Gasteiger partial charge in [-0.1, -0.05) is 23.1 Å². The van der Waals surface area contributed by atoms with Gasteiger partial charge >= 0.3 is 0 Å². The zero-order valence-electron chi connectivity index (χ0n) is 13.6. The van der Waals surface area contributed by atoms with Crippen molar-refractivity contribution in [1.82, 2.24) is 10.2 Å². The summed E-state index contributed by atoms with van der Waals surface area (Å²) >= 11 is 2.56. The lowest BCUT2D eigenvalue weighted by atomic mass is 10.2. The number of hydrogen-bond donors (Lipinski definition) is 2. The van der Waals surface area contributed by atoms with E-state index in [0.29, 0.717) is 21.8 Å². The van der Waals surface area contributed by atoms with Gasteiger partial charge in [-0.05, 0) is 26.0 Å². The van der Waals surface area contributed by atoms with E-state index in [0.717, 1.165) is 6.54 Å². The molecule has 0 atom stereocenters. The summed E-state index contributed by atoms with van der Waals surface area (Å²) in [5.74, 6) is 0.0920. The third-order valence-corrected chi connectivity index (χ3v) is 4.83. The number of nitro groups is 1. The number of nitrogens with one attached hydrogen (secondary N) is 2. The summed E-state index contributed by atoms with van der Waals surface area (Å²) in [6, 6.07) is 4.33. The zero-order valence-corrected chi connectivity index (χ0v) is 15.3. The van der Waals surface area contributed by atoms with Crippen LogP contribution in [0.5, 0.6) is 5.75 Å². The third-order valence-electron chi connectivity index (χ3n) is 2.81. The highest BCUT2D eigenvalue weighted by Crippen LogP contribution is 2.30. The van der Waals surface area contributed by atoms with Crippen molar-refractivity contribution in [1.29, 1.82) is 0 Å². The maximum absolute atomic E-state index is 12.1. The first-order valence-electron chi connectivity index (χ1n) is 7.44. The molecule has 0 bridgehead atoms. The standard InChI is InChI=1S/C14H17N5O4S2/c1-3-15-13-17-18-14(25-13)24-8-12(20)16-10-6-5-9(23-4-2)7-11(10)19(21)22/h5-7H,3-4,8H2,1-2H3,(H,15,17)(H,16,20). The van der Waals surface area contributed by atoms with Gasteiger partial charge in [0, 0.05) is 6.54 Å². The van der Waals surface area contributed by atoms with Gasteiger partial charge in [0.15, 0.2) is 4.34 Å². The highest BCUT2D eigenvalue weighted by atomic mass is 32.2. The molecule has 1 aromatic carbocycles. The van der Waals surface area contributed by atoms with Crippen molar-refractivity contribution in [2.45, 2.75) is 18.2 Å². The number of carbonyl (C=O) groups excluding carboxylic acids is 1. The molecule has 0 aliphatic heterocycles. The Balaban J connectivity index is 1.98. The van der Waals surface area contributed by atoms with Crippen molar-refractivity contribution >= 4 is 45.5 Å². The van der Waals surface area contributed by atoms with Crippen molar-refractivity contribution in [3.63, 3.8) is 0 Å². The lowest BCUT2D eigenvalue weighted by Gasteiger charge is -2.08. The van der Waals surface area contributed by atoms with E-state index in [9.17, 15) is 14.9 Å². The predicted octanol–water partition coefficient (Wildman–Crippen LogP) is 3.01. The van der Waals surface area contributed by atoms with Gasteiger partial charge in [-0.25, -0.2) is 0 Å². The minimum atomic E-state index is -0.557. The van der Waals surface area contributed by atoms with E-state index in [1.807, 2.05) is 6.92 Å². The molecule has 0 spiro atoms. The summed E-state index contributed by atoms with van der Waals surface area (Å²) in [6.45, 7) is 4.87. The van der Waals surface area contributed by atoms with Gasteiger partial charge in [-0.2, -0.15) is 0 Å². The normalized spacial score (nSPS) is 10.3. The summed E-state index contributed by atoms with van der Waals surface area (Å²) in [5.41, 5.74) is -0.0840. The zero-order chi connectivity index (χ0) is 18.2. The second kappa shape index (κ2) is 9.18. The quantitative estimate of drug-likeness (QED) is 0.385. The van der Waals surface area contributed by atoms with E-state index in [4.69, 9.17) is 4.74 Å². The first kappa shape index (κ1) is 18.9. The number of carbonyl (C=O) groups is 1.